The van der Waals surface area contributed by atoms with Crippen LogP contribution in [0.25, 0.3) is 0 Å². The summed E-state index contributed by atoms with van der Waals surface area (Å²) in [5.41, 5.74) is 0. The quantitative estimate of drug-likeness (QED) is 0.539. The molecule has 0 spiro atoms. The highest BCUT2D eigenvalue weighted by atomic mass is 35.5. The molecule has 1 heterocycles. The van der Waals surface area contributed by atoms with Crippen LogP contribution in [0.2, 0.25) is 0 Å². The van der Waals surface area contributed by atoms with E-state index >= 15 is 0 Å². The van der Waals surface area contributed by atoms with Gasteiger partial charge in [0, 0.05) is 6.54 Å². The van der Waals surface area contributed by atoms with Gasteiger partial charge < -0.3 is 10.1 Å². The van der Waals surface area contributed by atoms with E-state index in [0.717, 1.165) is 19.1 Å². The van der Waals surface area contributed by atoms with Gasteiger partial charge in [0.05, 0.1) is 13.2 Å². The maximum Gasteiger partial charge on any atom is 0.0644 e. The zero-order valence-corrected chi connectivity index (χ0v) is 8.24. The first-order valence-corrected chi connectivity index (χ1v) is 4.33. The Morgan fingerprint density at radius 3 is 3.00 bits per heavy atom. The van der Waals surface area contributed by atoms with Gasteiger partial charge in [0.15, 0.2) is 0 Å². The Kier molecular flexibility index (Phi) is 7.56. The highest BCUT2D eigenvalue weighted by molar-refractivity contribution is 5.85. The Bertz CT molecular complexity index is 113. The second-order valence-corrected chi connectivity index (χ2v) is 3.04. The van der Waals surface area contributed by atoms with Crippen LogP contribution in [0.4, 0.5) is 0 Å². The fourth-order valence-electron chi connectivity index (χ4n) is 1.38. The average molecular weight is 192 g/mol. The Morgan fingerprint density at radius 2 is 2.42 bits per heavy atom. The Hall–Kier alpha value is -0.0500. The number of nitrogens with one attached hydrogen (secondary N) is 1. The Balaban J connectivity index is 0.00000121. The van der Waals surface area contributed by atoms with Crippen molar-refractivity contribution in [1.29, 1.82) is 0 Å². The molecule has 0 radical (unpaired) electrons. The summed E-state index contributed by atoms with van der Waals surface area (Å²) in [5, 5.41) is 3.36. The van der Waals surface area contributed by atoms with Gasteiger partial charge in [-0.3, -0.25) is 0 Å². The van der Waals surface area contributed by atoms with Crippen molar-refractivity contribution in [3.8, 4) is 0 Å². The van der Waals surface area contributed by atoms with E-state index in [0.29, 0.717) is 6.61 Å². The molecule has 1 saturated heterocycles. The molecule has 1 N–H and O–H groups in total. The van der Waals surface area contributed by atoms with Gasteiger partial charge in [-0.2, -0.15) is 0 Å². The second-order valence-electron chi connectivity index (χ2n) is 3.04. The Morgan fingerprint density at radius 1 is 1.58 bits per heavy atom. The first kappa shape index (κ1) is 11.9. The van der Waals surface area contributed by atoms with E-state index in [-0.39, 0.29) is 12.4 Å². The van der Waals surface area contributed by atoms with Gasteiger partial charge in [-0.1, -0.05) is 6.08 Å². The summed E-state index contributed by atoms with van der Waals surface area (Å²) >= 11 is 0. The summed E-state index contributed by atoms with van der Waals surface area (Å²) in [6.07, 6.45) is 4.41. The van der Waals surface area contributed by atoms with Crippen molar-refractivity contribution in [2.24, 2.45) is 5.92 Å². The van der Waals surface area contributed by atoms with Crippen LogP contribution < -0.4 is 5.32 Å². The van der Waals surface area contributed by atoms with Crippen molar-refractivity contribution in [2.45, 2.75) is 12.8 Å². The fourth-order valence-corrected chi connectivity index (χ4v) is 1.38. The van der Waals surface area contributed by atoms with Gasteiger partial charge in [0.2, 0.25) is 0 Å². The normalized spacial score (nSPS) is 22.8. The van der Waals surface area contributed by atoms with Gasteiger partial charge in [-0.05, 0) is 25.3 Å². The first-order chi connectivity index (χ1) is 5.43. The topological polar surface area (TPSA) is 21.3 Å². The van der Waals surface area contributed by atoms with E-state index in [1.807, 2.05) is 0 Å². The summed E-state index contributed by atoms with van der Waals surface area (Å²) < 4.78 is 5.36. The number of piperidine rings is 1. The second kappa shape index (κ2) is 7.59. The van der Waals surface area contributed by atoms with E-state index in [1.54, 1.807) is 6.08 Å². The molecule has 12 heavy (non-hydrogen) atoms. The minimum Gasteiger partial charge on any atom is -0.377 e. The van der Waals surface area contributed by atoms with Crippen LogP contribution >= 0.6 is 12.4 Å². The monoisotopic (exact) mass is 191 g/mol. The maximum absolute atomic E-state index is 5.36. The number of hydrogen-bond acceptors (Lipinski definition) is 2. The van der Waals surface area contributed by atoms with E-state index in [9.17, 15) is 0 Å². The third-order valence-corrected chi connectivity index (χ3v) is 1.99. The summed E-state index contributed by atoms with van der Waals surface area (Å²) in [4.78, 5) is 0. The highest BCUT2D eigenvalue weighted by Crippen LogP contribution is 2.09. The average Bonchev–Trinajstić information content (AvgIpc) is 2.07. The molecule has 1 atom stereocenters. The largest absolute Gasteiger partial charge is 0.377 e. The van der Waals surface area contributed by atoms with Gasteiger partial charge in [0.1, 0.15) is 0 Å². The van der Waals surface area contributed by atoms with Crippen molar-refractivity contribution in [3.63, 3.8) is 0 Å². The van der Waals surface area contributed by atoms with Crippen molar-refractivity contribution in [3.05, 3.63) is 12.7 Å². The number of hydrogen-bond donors (Lipinski definition) is 1. The van der Waals surface area contributed by atoms with Crippen LogP contribution in [-0.2, 0) is 4.74 Å². The molecule has 0 aliphatic carbocycles. The number of halogens is 1. The summed E-state index contributed by atoms with van der Waals surface area (Å²) in [7, 11) is 0. The fraction of sp³-hybridized carbons (Fsp3) is 0.778. The molecule has 0 aromatic rings. The highest BCUT2D eigenvalue weighted by Gasteiger charge is 2.11. The van der Waals surface area contributed by atoms with Crippen molar-refractivity contribution in [2.75, 3.05) is 26.3 Å². The molecule has 3 heteroatoms. The number of rotatable bonds is 4. The molecule has 72 valence electrons. The van der Waals surface area contributed by atoms with Crippen molar-refractivity contribution >= 4 is 12.4 Å². The number of ether oxygens (including phenoxy) is 1. The van der Waals surface area contributed by atoms with E-state index in [2.05, 4.69) is 11.9 Å². The molecule has 1 aliphatic rings. The zero-order chi connectivity index (χ0) is 7.94. The molecule has 1 fully saturated rings. The molecule has 0 saturated carbocycles. The molecular formula is C9H18ClNO. The van der Waals surface area contributed by atoms with Crippen LogP contribution in [0.1, 0.15) is 12.8 Å². The van der Waals surface area contributed by atoms with Crippen molar-refractivity contribution < 1.29 is 4.74 Å². The smallest absolute Gasteiger partial charge is 0.0644 e. The van der Waals surface area contributed by atoms with Crippen LogP contribution in [0.3, 0.4) is 0 Å². The van der Waals surface area contributed by atoms with Crippen LogP contribution in [-0.4, -0.2) is 26.3 Å². The maximum atomic E-state index is 5.36. The van der Waals surface area contributed by atoms with Crippen LogP contribution in [0, 0.1) is 5.92 Å². The van der Waals surface area contributed by atoms with E-state index in [4.69, 9.17) is 4.74 Å². The third-order valence-electron chi connectivity index (χ3n) is 1.99. The van der Waals surface area contributed by atoms with Crippen LogP contribution in [0.15, 0.2) is 12.7 Å². The molecule has 0 bridgehead atoms. The van der Waals surface area contributed by atoms with Crippen molar-refractivity contribution in [1.82, 2.24) is 5.32 Å². The summed E-state index contributed by atoms with van der Waals surface area (Å²) in [6.45, 7) is 7.48. The summed E-state index contributed by atoms with van der Waals surface area (Å²) in [6, 6.07) is 0. The van der Waals surface area contributed by atoms with Crippen LogP contribution in [0.5, 0.6) is 0 Å². The molecule has 2 nitrogen and oxygen atoms in total. The minimum atomic E-state index is 0. The molecule has 0 unspecified atom stereocenters. The first-order valence-electron chi connectivity index (χ1n) is 4.33. The predicted octanol–water partition coefficient (Wildman–Crippen LogP) is 1.61. The minimum absolute atomic E-state index is 0. The zero-order valence-electron chi connectivity index (χ0n) is 7.42. The molecule has 1 rings (SSSR count). The molecule has 0 amide bonds. The third kappa shape index (κ3) is 4.75. The van der Waals surface area contributed by atoms with E-state index < -0.39 is 0 Å². The lowest BCUT2D eigenvalue weighted by Crippen LogP contribution is -2.32. The van der Waals surface area contributed by atoms with E-state index in [1.165, 1.54) is 19.4 Å². The predicted molar refractivity (Wildman–Crippen MR) is 53.9 cm³/mol. The molecular weight excluding hydrogens is 174 g/mol. The SMILES string of the molecule is C=CCOC[C@H]1CCCNC1.Cl. The van der Waals surface area contributed by atoms with Gasteiger partial charge >= 0.3 is 0 Å². The Labute approximate surface area is 80.8 Å². The lowest BCUT2D eigenvalue weighted by Gasteiger charge is -2.21. The summed E-state index contributed by atoms with van der Waals surface area (Å²) in [5.74, 6) is 0.726. The standard InChI is InChI=1S/C9H17NO.ClH/c1-2-6-11-8-9-4-3-5-10-7-9;/h2,9-10H,1,3-8H2;1H/t9-;/m0./s1. The molecule has 0 aromatic carbocycles. The lowest BCUT2D eigenvalue weighted by atomic mass is 10.0. The molecule has 1 aliphatic heterocycles. The van der Waals surface area contributed by atoms with Gasteiger partial charge in [0.25, 0.3) is 0 Å². The van der Waals surface area contributed by atoms with Gasteiger partial charge in [-0.25, -0.2) is 0 Å². The lowest BCUT2D eigenvalue weighted by molar-refractivity contribution is 0.111. The molecule has 0 aromatic heterocycles. The van der Waals surface area contributed by atoms with Gasteiger partial charge in [-0.15, -0.1) is 19.0 Å².